The fourth-order valence-electron chi connectivity index (χ4n) is 2.98. The Balaban J connectivity index is 2.06. The summed E-state index contributed by atoms with van der Waals surface area (Å²) in [6, 6.07) is 4.01. The zero-order valence-corrected chi connectivity index (χ0v) is 10.6. The molecule has 4 heteroatoms. The van der Waals surface area contributed by atoms with E-state index in [1.807, 2.05) is 12.1 Å². The molecule has 1 aliphatic heterocycles. The Kier molecular flexibility index (Phi) is 2.65. The van der Waals surface area contributed by atoms with Crippen molar-refractivity contribution in [3.63, 3.8) is 0 Å². The molecule has 0 amide bonds. The van der Waals surface area contributed by atoms with Crippen molar-refractivity contribution in [1.29, 1.82) is 0 Å². The van der Waals surface area contributed by atoms with Crippen molar-refractivity contribution in [1.82, 2.24) is 0 Å². The second-order valence-corrected chi connectivity index (χ2v) is 4.86. The SMILES string of the molecule is COc1cc2c(cc1OC)[C@@H]1CC(=O)O[C@H](C2)C1. The molecule has 0 unspecified atom stereocenters. The maximum absolute atomic E-state index is 11.5. The van der Waals surface area contributed by atoms with Gasteiger partial charge in [-0.2, -0.15) is 0 Å². The summed E-state index contributed by atoms with van der Waals surface area (Å²) in [7, 11) is 3.26. The van der Waals surface area contributed by atoms with Crippen LogP contribution in [0.15, 0.2) is 12.1 Å². The van der Waals surface area contributed by atoms with Crippen LogP contribution in [0, 0.1) is 0 Å². The molecule has 2 bridgehead atoms. The highest BCUT2D eigenvalue weighted by molar-refractivity contribution is 5.72. The van der Waals surface area contributed by atoms with E-state index in [0.29, 0.717) is 6.42 Å². The molecule has 0 radical (unpaired) electrons. The van der Waals surface area contributed by atoms with Gasteiger partial charge in [-0.15, -0.1) is 0 Å². The minimum Gasteiger partial charge on any atom is -0.493 e. The monoisotopic (exact) mass is 248 g/mol. The van der Waals surface area contributed by atoms with Crippen LogP contribution in [0.5, 0.6) is 11.5 Å². The third-order valence-electron chi connectivity index (χ3n) is 3.79. The van der Waals surface area contributed by atoms with Gasteiger partial charge in [0, 0.05) is 6.42 Å². The summed E-state index contributed by atoms with van der Waals surface area (Å²) in [5.41, 5.74) is 2.42. The van der Waals surface area contributed by atoms with Gasteiger partial charge in [0.2, 0.25) is 0 Å². The van der Waals surface area contributed by atoms with Gasteiger partial charge in [0.05, 0.1) is 20.6 Å². The standard InChI is InChI=1S/C14H16O4/c1-16-12-5-8-3-10-4-9(6-14(15)18-10)11(8)7-13(12)17-2/h5,7,9-10H,3-4,6H2,1-2H3/t9-,10+/m0/s1. The summed E-state index contributed by atoms with van der Waals surface area (Å²) in [4.78, 5) is 11.5. The summed E-state index contributed by atoms with van der Waals surface area (Å²) in [6.07, 6.45) is 2.20. The summed E-state index contributed by atoms with van der Waals surface area (Å²) < 4.78 is 16.0. The number of hydrogen-bond donors (Lipinski definition) is 0. The van der Waals surface area contributed by atoms with E-state index < -0.39 is 0 Å². The maximum Gasteiger partial charge on any atom is 0.306 e. The van der Waals surface area contributed by atoms with Crippen LogP contribution in [-0.4, -0.2) is 26.3 Å². The van der Waals surface area contributed by atoms with Gasteiger partial charge in [-0.05, 0) is 35.6 Å². The Morgan fingerprint density at radius 1 is 1.17 bits per heavy atom. The lowest BCUT2D eigenvalue weighted by atomic mass is 9.78. The normalized spacial score (nSPS) is 25.1. The van der Waals surface area contributed by atoms with Gasteiger partial charge in [0.1, 0.15) is 6.10 Å². The molecule has 0 N–H and O–H groups in total. The van der Waals surface area contributed by atoms with Gasteiger partial charge in [-0.3, -0.25) is 4.79 Å². The average molecular weight is 248 g/mol. The van der Waals surface area contributed by atoms with Crippen LogP contribution in [0.25, 0.3) is 0 Å². The molecule has 2 atom stereocenters. The van der Waals surface area contributed by atoms with Gasteiger partial charge in [0.25, 0.3) is 0 Å². The zero-order chi connectivity index (χ0) is 12.7. The van der Waals surface area contributed by atoms with Gasteiger partial charge in [-0.25, -0.2) is 0 Å². The van der Waals surface area contributed by atoms with Crippen molar-refractivity contribution < 1.29 is 19.0 Å². The number of hydrogen-bond acceptors (Lipinski definition) is 4. The summed E-state index contributed by atoms with van der Waals surface area (Å²) >= 11 is 0. The summed E-state index contributed by atoms with van der Waals surface area (Å²) in [5.74, 6) is 1.65. The van der Waals surface area contributed by atoms with E-state index in [9.17, 15) is 4.79 Å². The van der Waals surface area contributed by atoms with Crippen molar-refractivity contribution in [3.8, 4) is 11.5 Å². The van der Waals surface area contributed by atoms with E-state index in [1.54, 1.807) is 14.2 Å². The predicted molar refractivity (Wildman–Crippen MR) is 65.1 cm³/mol. The fraction of sp³-hybridized carbons (Fsp3) is 0.500. The first kappa shape index (κ1) is 11.4. The molecule has 18 heavy (non-hydrogen) atoms. The molecule has 2 aliphatic rings. The quantitative estimate of drug-likeness (QED) is 0.751. The number of rotatable bonds is 2. The number of carbonyl (C=O) groups excluding carboxylic acids is 1. The van der Waals surface area contributed by atoms with Crippen molar-refractivity contribution in [2.75, 3.05) is 14.2 Å². The lowest BCUT2D eigenvalue weighted by molar-refractivity contribution is -0.155. The van der Waals surface area contributed by atoms with Gasteiger partial charge in [-0.1, -0.05) is 0 Å². The second-order valence-electron chi connectivity index (χ2n) is 4.86. The van der Waals surface area contributed by atoms with E-state index in [0.717, 1.165) is 24.3 Å². The molecule has 0 aromatic heterocycles. The molecule has 96 valence electrons. The predicted octanol–water partition coefficient (Wildman–Crippen LogP) is 2.05. The zero-order valence-electron chi connectivity index (χ0n) is 10.6. The minimum atomic E-state index is -0.0864. The van der Waals surface area contributed by atoms with Crippen LogP contribution in [0.3, 0.4) is 0 Å². The lowest BCUT2D eigenvalue weighted by Gasteiger charge is -2.35. The van der Waals surface area contributed by atoms with E-state index >= 15 is 0 Å². The van der Waals surface area contributed by atoms with Gasteiger partial charge in [0.15, 0.2) is 11.5 Å². The fourth-order valence-corrected chi connectivity index (χ4v) is 2.98. The lowest BCUT2D eigenvalue weighted by Crippen LogP contribution is -2.34. The summed E-state index contributed by atoms with van der Waals surface area (Å²) in [6.45, 7) is 0. The number of esters is 1. The van der Waals surface area contributed by atoms with E-state index in [2.05, 4.69) is 0 Å². The number of ether oxygens (including phenoxy) is 3. The smallest absolute Gasteiger partial charge is 0.306 e. The molecule has 1 fully saturated rings. The Morgan fingerprint density at radius 3 is 2.61 bits per heavy atom. The highest BCUT2D eigenvalue weighted by atomic mass is 16.5. The number of carbonyl (C=O) groups is 1. The molecule has 0 saturated carbocycles. The Bertz CT molecular complexity index is 495. The highest BCUT2D eigenvalue weighted by Gasteiger charge is 2.36. The molecule has 3 rings (SSSR count). The van der Waals surface area contributed by atoms with Crippen LogP contribution in [0.2, 0.25) is 0 Å². The van der Waals surface area contributed by atoms with Crippen molar-refractivity contribution in [2.24, 2.45) is 0 Å². The van der Waals surface area contributed by atoms with Crippen LogP contribution >= 0.6 is 0 Å². The molecule has 1 saturated heterocycles. The van der Waals surface area contributed by atoms with E-state index in [4.69, 9.17) is 14.2 Å². The number of methoxy groups -OCH3 is 2. The first-order valence-electron chi connectivity index (χ1n) is 6.15. The Labute approximate surface area is 106 Å². The summed E-state index contributed by atoms with van der Waals surface area (Å²) in [5, 5.41) is 0. The number of benzene rings is 1. The van der Waals surface area contributed by atoms with Gasteiger partial charge < -0.3 is 14.2 Å². The van der Waals surface area contributed by atoms with Crippen molar-refractivity contribution in [2.45, 2.75) is 31.3 Å². The van der Waals surface area contributed by atoms with Crippen LogP contribution in [-0.2, 0) is 16.0 Å². The second kappa shape index (κ2) is 4.19. The first-order valence-corrected chi connectivity index (χ1v) is 6.15. The van der Waals surface area contributed by atoms with Crippen molar-refractivity contribution >= 4 is 5.97 Å². The third kappa shape index (κ3) is 1.72. The molecule has 0 spiro atoms. The molecule has 1 aromatic carbocycles. The molecular weight excluding hydrogens is 232 g/mol. The molecule has 1 heterocycles. The topological polar surface area (TPSA) is 44.8 Å². The Hall–Kier alpha value is -1.71. The van der Waals surface area contributed by atoms with Crippen LogP contribution in [0.1, 0.15) is 29.9 Å². The highest BCUT2D eigenvalue weighted by Crippen LogP contribution is 2.43. The molecular formula is C14H16O4. The largest absolute Gasteiger partial charge is 0.493 e. The third-order valence-corrected chi connectivity index (χ3v) is 3.79. The van der Waals surface area contributed by atoms with Crippen molar-refractivity contribution in [3.05, 3.63) is 23.3 Å². The number of fused-ring (bicyclic) bond motifs is 4. The molecule has 1 aliphatic carbocycles. The first-order chi connectivity index (χ1) is 8.71. The van der Waals surface area contributed by atoms with E-state index in [-0.39, 0.29) is 18.0 Å². The van der Waals surface area contributed by atoms with Gasteiger partial charge >= 0.3 is 5.97 Å². The Morgan fingerprint density at radius 2 is 1.89 bits per heavy atom. The van der Waals surface area contributed by atoms with E-state index in [1.165, 1.54) is 11.1 Å². The van der Waals surface area contributed by atoms with Crippen LogP contribution < -0.4 is 9.47 Å². The molecule has 1 aromatic rings. The molecule has 4 nitrogen and oxygen atoms in total. The average Bonchev–Trinajstić information content (AvgIpc) is 2.36. The minimum absolute atomic E-state index is 0.0295. The maximum atomic E-state index is 11.5. The van der Waals surface area contributed by atoms with Crippen LogP contribution in [0.4, 0.5) is 0 Å².